The third-order valence-electron chi connectivity index (χ3n) is 3.95. The van der Waals surface area contributed by atoms with Crippen molar-refractivity contribution in [3.05, 3.63) is 71.0 Å². The number of carboxylic acid groups (broad SMARTS) is 1. The molecule has 0 heterocycles. The van der Waals surface area contributed by atoms with Crippen molar-refractivity contribution < 1.29 is 23.9 Å². The molecule has 1 atom stereocenters. The summed E-state index contributed by atoms with van der Waals surface area (Å²) in [5.41, 5.74) is 1.43. The number of carbonyl (C=O) groups is 3. The standard InChI is InChI=1S/C20H21FN2O4/c1-13-11-15(7-8-16(13)21)19(20(26)27)23-17(24)9-10-22-18(25)12-14-5-3-2-4-6-14/h2-8,11,19H,9-10,12H2,1H3,(H,22,25)(H,23,24)(H,26,27). The largest absolute Gasteiger partial charge is 0.479 e. The van der Waals surface area contributed by atoms with Crippen LogP contribution < -0.4 is 10.6 Å². The zero-order valence-corrected chi connectivity index (χ0v) is 14.9. The number of benzene rings is 2. The summed E-state index contributed by atoms with van der Waals surface area (Å²) in [6.07, 6.45) is 0.138. The third-order valence-corrected chi connectivity index (χ3v) is 3.95. The fourth-order valence-corrected chi connectivity index (χ4v) is 2.53. The molecule has 0 spiro atoms. The second-order valence-corrected chi connectivity index (χ2v) is 6.11. The fraction of sp³-hybridized carbons (Fsp3) is 0.250. The zero-order chi connectivity index (χ0) is 19.8. The molecule has 0 fully saturated rings. The molecule has 2 rings (SSSR count). The first-order valence-corrected chi connectivity index (χ1v) is 8.45. The molecule has 0 bridgehead atoms. The average Bonchev–Trinajstić information content (AvgIpc) is 2.62. The van der Waals surface area contributed by atoms with Gasteiger partial charge in [0, 0.05) is 13.0 Å². The van der Waals surface area contributed by atoms with Crippen LogP contribution in [0.5, 0.6) is 0 Å². The second-order valence-electron chi connectivity index (χ2n) is 6.11. The molecule has 0 aliphatic carbocycles. The molecule has 6 nitrogen and oxygen atoms in total. The number of nitrogens with one attached hydrogen (secondary N) is 2. The monoisotopic (exact) mass is 372 g/mol. The van der Waals surface area contributed by atoms with Gasteiger partial charge in [-0.3, -0.25) is 9.59 Å². The number of rotatable bonds is 8. The van der Waals surface area contributed by atoms with Crippen LogP contribution in [0.1, 0.15) is 29.2 Å². The first-order chi connectivity index (χ1) is 12.9. The van der Waals surface area contributed by atoms with Crippen LogP contribution in [0.2, 0.25) is 0 Å². The molecule has 1 unspecified atom stereocenters. The van der Waals surface area contributed by atoms with Gasteiger partial charge in [-0.25, -0.2) is 9.18 Å². The minimum atomic E-state index is -1.28. The average molecular weight is 372 g/mol. The van der Waals surface area contributed by atoms with Crippen molar-refractivity contribution in [2.45, 2.75) is 25.8 Å². The van der Waals surface area contributed by atoms with E-state index in [0.29, 0.717) is 5.56 Å². The molecule has 0 saturated heterocycles. The van der Waals surface area contributed by atoms with Crippen LogP contribution in [0.4, 0.5) is 4.39 Å². The van der Waals surface area contributed by atoms with Crippen LogP contribution in [-0.4, -0.2) is 29.4 Å². The summed E-state index contributed by atoms with van der Waals surface area (Å²) in [6.45, 7) is 1.61. The van der Waals surface area contributed by atoms with Crippen LogP contribution >= 0.6 is 0 Å². The highest BCUT2D eigenvalue weighted by molar-refractivity contribution is 5.85. The normalized spacial score (nSPS) is 11.5. The third kappa shape index (κ3) is 6.22. The maximum absolute atomic E-state index is 13.3. The number of aliphatic carboxylic acids is 1. The summed E-state index contributed by atoms with van der Waals surface area (Å²) in [6, 6.07) is 11.8. The van der Waals surface area contributed by atoms with E-state index < -0.39 is 23.7 Å². The van der Waals surface area contributed by atoms with Crippen molar-refractivity contribution >= 4 is 17.8 Å². The first-order valence-electron chi connectivity index (χ1n) is 8.45. The van der Waals surface area contributed by atoms with Crippen LogP contribution in [0.15, 0.2) is 48.5 Å². The lowest BCUT2D eigenvalue weighted by Gasteiger charge is -2.16. The van der Waals surface area contributed by atoms with Crippen molar-refractivity contribution in [2.75, 3.05) is 6.54 Å². The predicted molar refractivity (Wildman–Crippen MR) is 97.4 cm³/mol. The molecular formula is C20H21FN2O4. The molecule has 3 N–H and O–H groups in total. The molecule has 0 aliphatic heterocycles. The molecule has 0 aliphatic rings. The Morgan fingerprint density at radius 2 is 1.78 bits per heavy atom. The van der Waals surface area contributed by atoms with Crippen molar-refractivity contribution in [2.24, 2.45) is 0 Å². The quantitative estimate of drug-likeness (QED) is 0.661. The highest BCUT2D eigenvalue weighted by atomic mass is 19.1. The molecule has 2 aromatic carbocycles. The van der Waals surface area contributed by atoms with Gasteiger partial charge in [0.25, 0.3) is 0 Å². The maximum atomic E-state index is 13.3. The van der Waals surface area contributed by atoms with Crippen molar-refractivity contribution in [3.63, 3.8) is 0 Å². The molecule has 27 heavy (non-hydrogen) atoms. The van der Waals surface area contributed by atoms with Gasteiger partial charge in [0.1, 0.15) is 5.82 Å². The summed E-state index contributed by atoms with van der Waals surface area (Å²) in [5, 5.41) is 14.4. The van der Waals surface area contributed by atoms with Crippen LogP contribution in [0.25, 0.3) is 0 Å². The summed E-state index contributed by atoms with van der Waals surface area (Å²) >= 11 is 0. The summed E-state index contributed by atoms with van der Waals surface area (Å²) in [7, 11) is 0. The molecule has 142 valence electrons. The number of carboxylic acids is 1. The number of aryl methyl sites for hydroxylation is 1. The fourth-order valence-electron chi connectivity index (χ4n) is 2.53. The Kier molecular flexibility index (Phi) is 7.05. The number of amides is 2. The van der Waals surface area contributed by atoms with Gasteiger partial charge in [0.2, 0.25) is 11.8 Å². The van der Waals surface area contributed by atoms with E-state index >= 15 is 0 Å². The van der Waals surface area contributed by atoms with Gasteiger partial charge in [-0.05, 0) is 29.7 Å². The SMILES string of the molecule is Cc1cc(C(NC(=O)CCNC(=O)Cc2ccccc2)C(=O)O)ccc1F. The van der Waals surface area contributed by atoms with Crippen LogP contribution in [0.3, 0.4) is 0 Å². The lowest BCUT2D eigenvalue weighted by molar-refractivity contribution is -0.142. The smallest absolute Gasteiger partial charge is 0.330 e. The predicted octanol–water partition coefficient (Wildman–Crippen LogP) is 2.13. The van der Waals surface area contributed by atoms with Crippen LogP contribution in [-0.2, 0) is 20.8 Å². The molecule has 0 aromatic heterocycles. The second kappa shape index (κ2) is 9.47. The molecule has 2 aromatic rings. The highest BCUT2D eigenvalue weighted by Crippen LogP contribution is 2.17. The molecule has 7 heteroatoms. The van der Waals surface area contributed by atoms with Crippen LogP contribution in [0, 0.1) is 12.7 Å². The molecule has 0 radical (unpaired) electrons. The van der Waals surface area contributed by atoms with Gasteiger partial charge < -0.3 is 15.7 Å². The summed E-state index contributed by atoms with van der Waals surface area (Å²) < 4.78 is 13.3. The van der Waals surface area contributed by atoms with E-state index in [2.05, 4.69) is 10.6 Å². The first kappa shape index (κ1) is 20.1. The summed E-state index contributed by atoms with van der Waals surface area (Å²) in [4.78, 5) is 35.3. The van der Waals surface area contributed by atoms with E-state index in [-0.39, 0.29) is 30.9 Å². The van der Waals surface area contributed by atoms with Gasteiger partial charge in [-0.2, -0.15) is 0 Å². The van der Waals surface area contributed by atoms with E-state index in [0.717, 1.165) is 11.6 Å². The minimum absolute atomic E-state index is 0.0650. The Bertz CT molecular complexity index is 824. The van der Waals surface area contributed by atoms with E-state index in [1.165, 1.54) is 19.1 Å². The number of carbonyl (C=O) groups excluding carboxylic acids is 2. The van der Waals surface area contributed by atoms with Crippen molar-refractivity contribution in [1.29, 1.82) is 0 Å². The number of halogens is 1. The molecule has 0 saturated carbocycles. The van der Waals surface area contributed by atoms with E-state index in [1.54, 1.807) is 0 Å². The van der Waals surface area contributed by atoms with E-state index in [1.807, 2.05) is 30.3 Å². The number of hydrogen-bond donors (Lipinski definition) is 3. The number of hydrogen-bond acceptors (Lipinski definition) is 3. The van der Waals surface area contributed by atoms with E-state index in [4.69, 9.17) is 0 Å². The minimum Gasteiger partial charge on any atom is -0.479 e. The Balaban J connectivity index is 1.84. The zero-order valence-electron chi connectivity index (χ0n) is 14.9. The lowest BCUT2D eigenvalue weighted by Crippen LogP contribution is -2.36. The van der Waals surface area contributed by atoms with Crippen molar-refractivity contribution in [1.82, 2.24) is 10.6 Å². The van der Waals surface area contributed by atoms with Gasteiger partial charge in [0.15, 0.2) is 6.04 Å². The van der Waals surface area contributed by atoms with Crippen molar-refractivity contribution in [3.8, 4) is 0 Å². The van der Waals surface area contributed by atoms with Gasteiger partial charge in [0.05, 0.1) is 6.42 Å². The Labute approximate surface area is 156 Å². The maximum Gasteiger partial charge on any atom is 0.330 e. The topological polar surface area (TPSA) is 95.5 Å². The Hall–Kier alpha value is -3.22. The van der Waals surface area contributed by atoms with E-state index in [9.17, 15) is 23.9 Å². The Morgan fingerprint density at radius 1 is 1.07 bits per heavy atom. The lowest BCUT2D eigenvalue weighted by atomic mass is 10.0. The van der Waals surface area contributed by atoms with Gasteiger partial charge in [-0.15, -0.1) is 0 Å². The van der Waals surface area contributed by atoms with Gasteiger partial charge in [-0.1, -0.05) is 42.5 Å². The summed E-state index contributed by atoms with van der Waals surface area (Å²) in [5.74, 6) is -2.44. The molecular weight excluding hydrogens is 351 g/mol. The van der Waals surface area contributed by atoms with Gasteiger partial charge >= 0.3 is 5.97 Å². The molecule has 2 amide bonds. The highest BCUT2D eigenvalue weighted by Gasteiger charge is 2.22. The Morgan fingerprint density at radius 3 is 2.41 bits per heavy atom.